The summed E-state index contributed by atoms with van der Waals surface area (Å²) in [5.74, 6) is 1.33. The number of hydrogen-bond acceptors (Lipinski definition) is 3. The molecule has 0 radical (unpaired) electrons. The molecule has 0 N–H and O–H groups in total. The number of carbonyl (C=O) groups is 1. The molecule has 162 valence electrons. The van der Waals surface area contributed by atoms with Crippen LogP contribution in [0.2, 0.25) is 0 Å². The predicted octanol–water partition coefficient (Wildman–Crippen LogP) is 6.19. The molecule has 33 heavy (non-hydrogen) atoms. The van der Waals surface area contributed by atoms with Gasteiger partial charge < -0.3 is 9.47 Å². The molecule has 0 saturated carbocycles. The number of ether oxygens (including phenoxy) is 2. The third kappa shape index (κ3) is 3.33. The third-order valence-corrected chi connectivity index (χ3v) is 6.37. The highest BCUT2D eigenvalue weighted by Crippen LogP contribution is 2.56. The highest BCUT2D eigenvalue weighted by Gasteiger charge is 2.45. The van der Waals surface area contributed by atoms with E-state index in [4.69, 9.17) is 9.47 Å². The van der Waals surface area contributed by atoms with Gasteiger partial charge in [0.25, 0.3) is 0 Å². The van der Waals surface area contributed by atoms with Gasteiger partial charge in [-0.1, -0.05) is 79.4 Å². The molecule has 0 amide bonds. The summed E-state index contributed by atoms with van der Waals surface area (Å²) in [4.78, 5) is 11.6. The molecule has 1 aliphatic rings. The van der Waals surface area contributed by atoms with Crippen LogP contribution in [-0.4, -0.2) is 19.5 Å². The zero-order chi connectivity index (χ0) is 22.8. The number of methoxy groups -OCH3 is 1. The first kappa shape index (κ1) is 20.8. The molecule has 0 atom stereocenters. The van der Waals surface area contributed by atoms with Gasteiger partial charge in [-0.15, -0.1) is 0 Å². The molecule has 4 aromatic rings. The van der Waals surface area contributed by atoms with Crippen LogP contribution in [0.5, 0.6) is 11.5 Å². The van der Waals surface area contributed by atoms with E-state index in [2.05, 4.69) is 79.4 Å². The summed E-state index contributed by atoms with van der Waals surface area (Å²) in [5, 5.41) is 0. The molecule has 1 aliphatic carbocycles. The van der Waals surface area contributed by atoms with Gasteiger partial charge in [0.05, 0.1) is 12.5 Å². The minimum Gasteiger partial charge on any atom is -0.497 e. The molecule has 0 spiro atoms. The summed E-state index contributed by atoms with van der Waals surface area (Å²) >= 11 is 0. The maximum absolute atomic E-state index is 11.6. The monoisotopic (exact) mass is 432 g/mol. The minimum atomic E-state index is -0.477. The van der Waals surface area contributed by atoms with Crippen LogP contribution >= 0.6 is 0 Å². The van der Waals surface area contributed by atoms with E-state index >= 15 is 0 Å². The van der Waals surface area contributed by atoms with Gasteiger partial charge in [0.2, 0.25) is 0 Å². The Morgan fingerprint density at radius 3 is 1.73 bits per heavy atom. The first-order chi connectivity index (χ1) is 16.2. The van der Waals surface area contributed by atoms with Gasteiger partial charge in [-0.05, 0) is 63.7 Å². The van der Waals surface area contributed by atoms with Crippen LogP contribution in [0.1, 0.15) is 22.3 Å². The Hall–Kier alpha value is -4.11. The zero-order valence-corrected chi connectivity index (χ0v) is 18.5. The molecule has 0 aliphatic heterocycles. The summed E-state index contributed by atoms with van der Waals surface area (Å²) in [6, 6.07) is 33.6. The third-order valence-electron chi connectivity index (χ3n) is 6.37. The highest BCUT2D eigenvalue weighted by molar-refractivity contribution is 5.90. The maximum atomic E-state index is 11.6. The van der Waals surface area contributed by atoms with Crippen molar-refractivity contribution in [2.75, 3.05) is 13.7 Å². The topological polar surface area (TPSA) is 35.5 Å². The summed E-state index contributed by atoms with van der Waals surface area (Å²) in [6.07, 6.45) is 1.28. The van der Waals surface area contributed by atoms with Crippen molar-refractivity contribution in [3.05, 3.63) is 132 Å². The van der Waals surface area contributed by atoms with Gasteiger partial charge in [-0.2, -0.15) is 0 Å². The second-order valence-electron chi connectivity index (χ2n) is 8.05. The number of carbonyl (C=O) groups excluding carboxylic acids is 1. The van der Waals surface area contributed by atoms with Gasteiger partial charge in [0.15, 0.2) is 12.4 Å². The lowest BCUT2D eigenvalue weighted by atomic mass is 9.68. The summed E-state index contributed by atoms with van der Waals surface area (Å²) in [5.41, 5.74) is 6.78. The Morgan fingerprint density at radius 2 is 1.24 bits per heavy atom. The highest BCUT2D eigenvalue weighted by atomic mass is 16.5. The van der Waals surface area contributed by atoms with Gasteiger partial charge >= 0.3 is 0 Å². The van der Waals surface area contributed by atoms with Crippen LogP contribution in [0.3, 0.4) is 0 Å². The summed E-state index contributed by atoms with van der Waals surface area (Å²) < 4.78 is 11.1. The smallest absolute Gasteiger partial charge is 0.192 e. The lowest BCUT2D eigenvalue weighted by molar-refractivity contribution is -0.116. The molecule has 0 unspecified atom stereocenters. The van der Waals surface area contributed by atoms with Crippen LogP contribution in [0.25, 0.3) is 11.1 Å². The quantitative estimate of drug-likeness (QED) is 0.288. The number of rotatable bonds is 7. The molecule has 5 rings (SSSR count). The second-order valence-corrected chi connectivity index (χ2v) is 8.05. The Balaban J connectivity index is 1.72. The van der Waals surface area contributed by atoms with Gasteiger partial charge in [0, 0.05) is 0 Å². The molecule has 3 nitrogen and oxygen atoms in total. The fourth-order valence-electron chi connectivity index (χ4n) is 4.88. The first-order valence-corrected chi connectivity index (χ1v) is 10.9. The molecular formula is C30H24O3. The number of fused-ring (bicyclic) bond motifs is 3. The van der Waals surface area contributed by atoms with Gasteiger partial charge in [-0.3, -0.25) is 4.79 Å². The first-order valence-electron chi connectivity index (χ1n) is 10.9. The average molecular weight is 433 g/mol. The molecular weight excluding hydrogens is 408 g/mol. The molecule has 0 aromatic heterocycles. The van der Waals surface area contributed by atoms with Crippen LogP contribution in [0, 0.1) is 0 Å². The lowest BCUT2D eigenvalue weighted by Crippen LogP contribution is -2.28. The van der Waals surface area contributed by atoms with Crippen molar-refractivity contribution in [1.29, 1.82) is 0 Å². The van der Waals surface area contributed by atoms with Crippen molar-refractivity contribution >= 4 is 5.78 Å². The van der Waals surface area contributed by atoms with Crippen LogP contribution in [0.15, 0.2) is 110 Å². The Labute approximate surface area is 193 Å². The van der Waals surface area contributed by atoms with Crippen molar-refractivity contribution in [2.24, 2.45) is 0 Å². The standard InChI is InChI=1S/C30H24O3/c1-3-23(31)20-33-25-18-14-22(15-19-25)30(21-12-16-24(32-2)17-13-21)28-10-6-4-8-26(28)27-9-5-7-11-29(27)30/h3-19H,1,20H2,2H3. The van der Waals surface area contributed by atoms with E-state index in [-0.39, 0.29) is 12.4 Å². The van der Waals surface area contributed by atoms with Crippen LogP contribution in [0.4, 0.5) is 0 Å². The normalized spacial score (nSPS) is 13.0. The second kappa shape index (κ2) is 8.44. The predicted molar refractivity (Wildman–Crippen MR) is 131 cm³/mol. The minimum absolute atomic E-state index is 0.0157. The van der Waals surface area contributed by atoms with Gasteiger partial charge in [0.1, 0.15) is 11.5 Å². The zero-order valence-electron chi connectivity index (χ0n) is 18.5. The van der Waals surface area contributed by atoms with E-state index in [1.807, 2.05) is 24.3 Å². The molecule has 0 bridgehead atoms. The van der Waals surface area contributed by atoms with Crippen LogP contribution in [-0.2, 0) is 10.2 Å². The fourth-order valence-corrected chi connectivity index (χ4v) is 4.88. The molecule has 0 fully saturated rings. The van der Waals surface area contributed by atoms with E-state index in [1.165, 1.54) is 28.3 Å². The van der Waals surface area contributed by atoms with E-state index < -0.39 is 5.41 Å². The Bertz CT molecular complexity index is 1270. The van der Waals surface area contributed by atoms with E-state index in [9.17, 15) is 4.79 Å². The van der Waals surface area contributed by atoms with Gasteiger partial charge in [-0.25, -0.2) is 0 Å². The van der Waals surface area contributed by atoms with E-state index in [0.29, 0.717) is 5.75 Å². The lowest BCUT2D eigenvalue weighted by Gasteiger charge is -2.34. The van der Waals surface area contributed by atoms with Crippen molar-refractivity contribution < 1.29 is 14.3 Å². The van der Waals surface area contributed by atoms with E-state index in [0.717, 1.165) is 16.9 Å². The Morgan fingerprint density at radius 1 is 0.758 bits per heavy atom. The van der Waals surface area contributed by atoms with E-state index in [1.54, 1.807) is 7.11 Å². The van der Waals surface area contributed by atoms with Crippen molar-refractivity contribution in [1.82, 2.24) is 0 Å². The molecule has 3 heteroatoms. The number of hydrogen-bond donors (Lipinski definition) is 0. The summed E-state index contributed by atoms with van der Waals surface area (Å²) in [7, 11) is 1.68. The molecule has 4 aromatic carbocycles. The van der Waals surface area contributed by atoms with Crippen molar-refractivity contribution in [3.63, 3.8) is 0 Å². The van der Waals surface area contributed by atoms with Crippen molar-refractivity contribution in [2.45, 2.75) is 5.41 Å². The average Bonchev–Trinajstić information content (AvgIpc) is 3.19. The number of ketones is 1. The Kier molecular flexibility index (Phi) is 5.31. The SMILES string of the molecule is C=CC(=O)COc1ccc(C2(c3ccc(OC)cc3)c3ccccc3-c3ccccc32)cc1. The fraction of sp³-hybridized carbons (Fsp3) is 0.100. The summed E-state index contributed by atoms with van der Waals surface area (Å²) in [6.45, 7) is 3.48. The van der Waals surface area contributed by atoms with Crippen LogP contribution < -0.4 is 9.47 Å². The number of benzene rings is 4. The molecule has 0 saturated heterocycles. The van der Waals surface area contributed by atoms with Crippen molar-refractivity contribution in [3.8, 4) is 22.6 Å². The largest absolute Gasteiger partial charge is 0.497 e. The molecule has 0 heterocycles. The maximum Gasteiger partial charge on any atom is 0.192 e.